The number of carbonyl (C=O) groups is 1. The molecule has 0 spiro atoms. The summed E-state index contributed by atoms with van der Waals surface area (Å²) >= 11 is 0. The lowest BCUT2D eigenvalue weighted by Crippen LogP contribution is -2.23. The largest absolute Gasteiger partial charge is 0.460 e. The van der Waals surface area contributed by atoms with Gasteiger partial charge in [-0.2, -0.15) is 0 Å². The predicted molar refractivity (Wildman–Crippen MR) is 115 cm³/mol. The number of nitrogens with one attached hydrogen (secondary N) is 1. The number of hydrogen-bond acceptors (Lipinski definition) is 5. The SMILES string of the molecule is CCOC(=O)c1oc2ccc(S(=O)(=O)NCc3cccc4ccccc34)cc2c1C. The van der Waals surface area contributed by atoms with Crippen LogP contribution in [0.2, 0.25) is 0 Å². The molecule has 0 bridgehead atoms. The zero-order valence-corrected chi connectivity index (χ0v) is 17.5. The van der Waals surface area contributed by atoms with Crippen molar-refractivity contribution in [2.45, 2.75) is 25.3 Å². The second-order valence-electron chi connectivity index (χ2n) is 6.90. The van der Waals surface area contributed by atoms with Gasteiger partial charge in [0.2, 0.25) is 15.8 Å². The standard InChI is InChI=1S/C23H21NO5S/c1-3-28-23(25)22-15(2)20-13-18(11-12-21(20)29-22)30(26,27)24-14-17-9-6-8-16-7-4-5-10-19(16)17/h4-13,24H,3,14H2,1-2H3. The molecule has 3 aromatic carbocycles. The van der Waals surface area contributed by atoms with Crippen molar-refractivity contribution in [2.75, 3.05) is 6.61 Å². The average Bonchev–Trinajstić information content (AvgIpc) is 3.08. The van der Waals surface area contributed by atoms with Crippen molar-refractivity contribution in [1.82, 2.24) is 4.72 Å². The molecule has 0 aliphatic heterocycles. The van der Waals surface area contributed by atoms with Crippen LogP contribution in [0.5, 0.6) is 0 Å². The molecule has 0 saturated heterocycles. The molecule has 0 radical (unpaired) electrons. The number of rotatable bonds is 6. The summed E-state index contributed by atoms with van der Waals surface area (Å²) in [7, 11) is -3.76. The summed E-state index contributed by atoms with van der Waals surface area (Å²) in [4.78, 5) is 12.1. The van der Waals surface area contributed by atoms with Gasteiger partial charge in [-0.1, -0.05) is 42.5 Å². The molecule has 7 heteroatoms. The first-order chi connectivity index (χ1) is 14.4. The van der Waals surface area contributed by atoms with E-state index in [0.717, 1.165) is 16.3 Å². The normalized spacial score (nSPS) is 11.8. The van der Waals surface area contributed by atoms with Gasteiger partial charge in [-0.15, -0.1) is 0 Å². The monoisotopic (exact) mass is 423 g/mol. The van der Waals surface area contributed by atoms with Crippen LogP contribution in [0.15, 0.2) is 70.0 Å². The molecule has 154 valence electrons. The van der Waals surface area contributed by atoms with Crippen LogP contribution in [0.3, 0.4) is 0 Å². The van der Waals surface area contributed by atoms with Gasteiger partial charge in [0.25, 0.3) is 0 Å². The molecule has 6 nitrogen and oxygen atoms in total. The van der Waals surface area contributed by atoms with Crippen molar-refractivity contribution in [1.29, 1.82) is 0 Å². The van der Waals surface area contributed by atoms with Crippen molar-refractivity contribution in [3.63, 3.8) is 0 Å². The lowest BCUT2D eigenvalue weighted by molar-refractivity contribution is 0.0491. The predicted octanol–water partition coefficient (Wildman–Crippen LogP) is 4.55. The Hall–Kier alpha value is -3.16. The first-order valence-corrected chi connectivity index (χ1v) is 11.1. The van der Waals surface area contributed by atoms with Gasteiger partial charge in [0, 0.05) is 17.5 Å². The molecule has 1 aromatic heterocycles. The number of sulfonamides is 1. The second-order valence-corrected chi connectivity index (χ2v) is 8.66. The van der Waals surface area contributed by atoms with E-state index in [1.165, 1.54) is 12.1 Å². The molecule has 0 aliphatic carbocycles. The third kappa shape index (κ3) is 3.69. The van der Waals surface area contributed by atoms with Crippen molar-refractivity contribution < 1.29 is 22.4 Å². The summed E-state index contributed by atoms with van der Waals surface area (Å²) in [5.74, 6) is -0.477. The van der Waals surface area contributed by atoms with Gasteiger partial charge in [-0.3, -0.25) is 0 Å². The molecule has 1 N–H and O–H groups in total. The highest BCUT2D eigenvalue weighted by Crippen LogP contribution is 2.28. The van der Waals surface area contributed by atoms with Crippen LogP contribution < -0.4 is 4.72 Å². The smallest absolute Gasteiger partial charge is 0.374 e. The van der Waals surface area contributed by atoms with E-state index in [4.69, 9.17) is 9.15 Å². The summed E-state index contributed by atoms with van der Waals surface area (Å²) < 4.78 is 39.0. The molecule has 4 rings (SSSR count). The lowest BCUT2D eigenvalue weighted by Gasteiger charge is -2.09. The highest BCUT2D eigenvalue weighted by Gasteiger charge is 2.21. The first-order valence-electron chi connectivity index (χ1n) is 9.57. The van der Waals surface area contributed by atoms with E-state index < -0.39 is 16.0 Å². The van der Waals surface area contributed by atoms with Gasteiger partial charge < -0.3 is 9.15 Å². The van der Waals surface area contributed by atoms with Crippen LogP contribution in [0, 0.1) is 6.92 Å². The summed E-state index contributed by atoms with van der Waals surface area (Å²) in [6, 6.07) is 18.2. The number of hydrogen-bond donors (Lipinski definition) is 1. The number of furan rings is 1. The number of fused-ring (bicyclic) bond motifs is 2. The first kappa shape index (κ1) is 20.1. The fraction of sp³-hybridized carbons (Fsp3) is 0.174. The van der Waals surface area contributed by atoms with Crippen LogP contribution in [0.1, 0.15) is 28.6 Å². The van der Waals surface area contributed by atoms with Crippen molar-refractivity contribution in [2.24, 2.45) is 0 Å². The van der Waals surface area contributed by atoms with E-state index in [1.54, 1.807) is 19.9 Å². The van der Waals surface area contributed by atoms with Crippen LogP contribution in [0.25, 0.3) is 21.7 Å². The van der Waals surface area contributed by atoms with Gasteiger partial charge in [-0.05, 0) is 48.4 Å². The maximum atomic E-state index is 12.9. The second kappa shape index (κ2) is 7.93. The number of esters is 1. The summed E-state index contributed by atoms with van der Waals surface area (Å²) in [6.45, 7) is 3.81. The Morgan fingerprint density at radius 3 is 2.60 bits per heavy atom. The highest BCUT2D eigenvalue weighted by atomic mass is 32.2. The van der Waals surface area contributed by atoms with Crippen molar-refractivity contribution in [3.05, 3.63) is 77.6 Å². The third-order valence-corrected chi connectivity index (χ3v) is 6.41. The van der Waals surface area contributed by atoms with Gasteiger partial charge in [0.05, 0.1) is 11.5 Å². The maximum absolute atomic E-state index is 12.9. The highest BCUT2D eigenvalue weighted by molar-refractivity contribution is 7.89. The molecule has 4 aromatic rings. The summed E-state index contributed by atoms with van der Waals surface area (Å²) in [5, 5.41) is 2.62. The van der Waals surface area contributed by atoms with Crippen LogP contribution in [-0.4, -0.2) is 21.0 Å². The number of carbonyl (C=O) groups excluding carboxylic acids is 1. The Morgan fingerprint density at radius 2 is 1.80 bits per heavy atom. The minimum absolute atomic E-state index is 0.0881. The van der Waals surface area contributed by atoms with Crippen molar-refractivity contribution >= 4 is 37.7 Å². The topological polar surface area (TPSA) is 85.6 Å². The van der Waals surface area contributed by atoms with E-state index in [1.807, 2.05) is 42.5 Å². The molecule has 0 amide bonds. The Labute approximate surface area is 174 Å². The summed E-state index contributed by atoms with van der Waals surface area (Å²) in [6.07, 6.45) is 0. The van der Waals surface area contributed by atoms with Gasteiger partial charge in [-0.25, -0.2) is 17.9 Å². The fourth-order valence-electron chi connectivity index (χ4n) is 3.46. The zero-order chi connectivity index (χ0) is 21.3. The van der Waals surface area contributed by atoms with Crippen LogP contribution in [0.4, 0.5) is 0 Å². The molecule has 0 unspecified atom stereocenters. The van der Waals surface area contributed by atoms with E-state index in [-0.39, 0.29) is 23.8 Å². The average molecular weight is 423 g/mol. The minimum Gasteiger partial charge on any atom is -0.460 e. The fourth-order valence-corrected chi connectivity index (χ4v) is 4.49. The molecule has 1 heterocycles. The molecule has 0 aliphatic rings. The Kier molecular flexibility index (Phi) is 5.32. The number of ether oxygens (including phenoxy) is 1. The molecule has 0 fully saturated rings. The maximum Gasteiger partial charge on any atom is 0.374 e. The lowest BCUT2D eigenvalue weighted by atomic mass is 10.1. The number of aryl methyl sites for hydroxylation is 1. The minimum atomic E-state index is -3.76. The van der Waals surface area contributed by atoms with Gasteiger partial charge >= 0.3 is 5.97 Å². The van der Waals surface area contributed by atoms with Gasteiger partial charge in [0.1, 0.15) is 5.58 Å². The van der Waals surface area contributed by atoms with Crippen molar-refractivity contribution in [3.8, 4) is 0 Å². The third-order valence-electron chi connectivity index (χ3n) is 5.01. The Bertz CT molecular complexity index is 1350. The van der Waals surface area contributed by atoms with E-state index >= 15 is 0 Å². The van der Waals surface area contributed by atoms with Crippen LogP contribution >= 0.6 is 0 Å². The Balaban J connectivity index is 1.63. The zero-order valence-electron chi connectivity index (χ0n) is 16.6. The van der Waals surface area contributed by atoms with E-state index in [2.05, 4.69) is 4.72 Å². The van der Waals surface area contributed by atoms with E-state index in [0.29, 0.717) is 16.5 Å². The molecule has 30 heavy (non-hydrogen) atoms. The Morgan fingerprint density at radius 1 is 1.03 bits per heavy atom. The summed E-state index contributed by atoms with van der Waals surface area (Å²) in [5.41, 5.74) is 1.87. The van der Waals surface area contributed by atoms with E-state index in [9.17, 15) is 13.2 Å². The number of benzene rings is 3. The van der Waals surface area contributed by atoms with Crippen LogP contribution in [-0.2, 0) is 21.3 Å². The molecular formula is C23H21NO5S. The quantitative estimate of drug-likeness (QED) is 0.460. The van der Waals surface area contributed by atoms with Gasteiger partial charge in [0.15, 0.2) is 0 Å². The molecule has 0 saturated carbocycles. The molecule has 0 atom stereocenters. The molecular weight excluding hydrogens is 402 g/mol.